The molecule has 0 spiro atoms. The molecule has 1 heterocycles. The van der Waals surface area contributed by atoms with E-state index in [9.17, 15) is 4.79 Å². The van der Waals surface area contributed by atoms with Crippen LogP contribution in [0.5, 0.6) is 0 Å². The van der Waals surface area contributed by atoms with Crippen LogP contribution in [0, 0.1) is 0 Å². The first-order chi connectivity index (χ1) is 10.3. The van der Waals surface area contributed by atoms with E-state index >= 15 is 0 Å². The number of ether oxygens (including phenoxy) is 1. The second-order valence-electron chi connectivity index (χ2n) is 4.87. The summed E-state index contributed by atoms with van der Waals surface area (Å²) in [6.07, 6.45) is 1.25. The lowest BCUT2D eigenvalue weighted by molar-refractivity contribution is -0.130. The standard InChI is InChI=1S/C16H20N2O2S/c1-18(10-15-12-21-13-17-15)16(19)8-5-9-20-11-14-6-3-2-4-7-14/h2-4,6-7,12-13H,5,8-11H2,1H3. The van der Waals surface area contributed by atoms with Crippen LogP contribution in [0.1, 0.15) is 24.1 Å². The predicted molar refractivity (Wildman–Crippen MR) is 83.9 cm³/mol. The second kappa shape index (κ2) is 8.54. The van der Waals surface area contributed by atoms with E-state index in [2.05, 4.69) is 4.98 Å². The highest BCUT2D eigenvalue weighted by molar-refractivity contribution is 7.07. The third-order valence-electron chi connectivity index (χ3n) is 3.10. The Kier molecular flexibility index (Phi) is 6.37. The first-order valence-electron chi connectivity index (χ1n) is 6.98. The summed E-state index contributed by atoms with van der Waals surface area (Å²) in [6, 6.07) is 10.0. The number of amides is 1. The molecule has 0 N–H and O–H groups in total. The number of thiazole rings is 1. The van der Waals surface area contributed by atoms with Crippen LogP contribution < -0.4 is 0 Å². The maximum atomic E-state index is 11.9. The Balaban J connectivity index is 1.58. The van der Waals surface area contributed by atoms with E-state index < -0.39 is 0 Å². The maximum Gasteiger partial charge on any atom is 0.222 e. The highest BCUT2D eigenvalue weighted by Gasteiger charge is 2.09. The summed E-state index contributed by atoms with van der Waals surface area (Å²) in [6.45, 7) is 1.78. The van der Waals surface area contributed by atoms with Crippen molar-refractivity contribution in [3.63, 3.8) is 0 Å². The van der Waals surface area contributed by atoms with Gasteiger partial charge in [0.2, 0.25) is 5.91 Å². The Bertz CT molecular complexity index is 528. The van der Waals surface area contributed by atoms with Gasteiger partial charge in [0, 0.05) is 25.5 Å². The number of aromatic nitrogens is 1. The molecule has 112 valence electrons. The van der Waals surface area contributed by atoms with Crippen molar-refractivity contribution in [2.75, 3.05) is 13.7 Å². The summed E-state index contributed by atoms with van der Waals surface area (Å²) >= 11 is 1.55. The molecule has 0 aliphatic rings. The second-order valence-corrected chi connectivity index (χ2v) is 5.59. The molecule has 21 heavy (non-hydrogen) atoms. The van der Waals surface area contributed by atoms with Crippen LogP contribution in [0.2, 0.25) is 0 Å². The van der Waals surface area contributed by atoms with Crippen molar-refractivity contribution < 1.29 is 9.53 Å². The van der Waals surface area contributed by atoms with Crippen molar-refractivity contribution in [2.24, 2.45) is 0 Å². The fourth-order valence-electron chi connectivity index (χ4n) is 1.93. The van der Waals surface area contributed by atoms with Crippen LogP contribution in [0.15, 0.2) is 41.2 Å². The van der Waals surface area contributed by atoms with Crippen molar-refractivity contribution in [3.05, 3.63) is 52.5 Å². The lowest BCUT2D eigenvalue weighted by Crippen LogP contribution is -2.26. The fraction of sp³-hybridized carbons (Fsp3) is 0.375. The molecule has 2 aromatic rings. The normalized spacial score (nSPS) is 10.5. The van der Waals surface area contributed by atoms with Gasteiger partial charge in [-0.1, -0.05) is 30.3 Å². The van der Waals surface area contributed by atoms with E-state index in [0.29, 0.717) is 26.2 Å². The van der Waals surface area contributed by atoms with Gasteiger partial charge in [-0.2, -0.15) is 0 Å². The zero-order valence-corrected chi connectivity index (χ0v) is 13.0. The Morgan fingerprint density at radius 2 is 2.14 bits per heavy atom. The molecule has 0 bridgehead atoms. The average molecular weight is 304 g/mol. The van der Waals surface area contributed by atoms with Crippen molar-refractivity contribution >= 4 is 17.2 Å². The number of rotatable bonds is 8. The predicted octanol–water partition coefficient (Wildman–Crippen LogP) is 3.10. The van der Waals surface area contributed by atoms with E-state index in [-0.39, 0.29) is 5.91 Å². The van der Waals surface area contributed by atoms with Gasteiger partial charge in [0.15, 0.2) is 0 Å². The molecule has 1 aromatic carbocycles. The summed E-state index contributed by atoms with van der Waals surface area (Å²) in [5.41, 5.74) is 3.88. The largest absolute Gasteiger partial charge is 0.377 e. The molecule has 1 aromatic heterocycles. The minimum atomic E-state index is 0.131. The summed E-state index contributed by atoms with van der Waals surface area (Å²) in [5, 5.41) is 1.97. The molecule has 0 aliphatic carbocycles. The van der Waals surface area contributed by atoms with E-state index in [1.54, 1.807) is 21.7 Å². The Hall–Kier alpha value is -1.72. The quantitative estimate of drug-likeness (QED) is 0.704. The first kappa shape index (κ1) is 15.7. The summed E-state index contributed by atoms with van der Waals surface area (Å²) in [5.74, 6) is 0.131. The van der Waals surface area contributed by atoms with Gasteiger partial charge in [-0.05, 0) is 12.0 Å². The molecule has 0 unspecified atom stereocenters. The number of carbonyl (C=O) groups excluding carboxylic acids is 1. The van der Waals surface area contributed by atoms with E-state index in [4.69, 9.17) is 4.74 Å². The number of carbonyl (C=O) groups is 1. The van der Waals surface area contributed by atoms with Crippen LogP contribution in [0.3, 0.4) is 0 Å². The van der Waals surface area contributed by atoms with Gasteiger partial charge in [-0.15, -0.1) is 11.3 Å². The van der Waals surface area contributed by atoms with Crippen molar-refractivity contribution in [2.45, 2.75) is 26.0 Å². The average Bonchev–Trinajstić information content (AvgIpc) is 3.00. The molecule has 0 atom stereocenters. The smallest absolute Gasteiger partial charge is 0.222 e. The molecule has 2 rings (SSSR count). The fourth-order valence-corrected chi connectivity index (χ4v) is 2.48. The number of nitrogens with zero attached hydrogens (tertiary/aromatic N) is 2. The van der Waals surface area contributed by atoms with Gasteiger partial charge >= 0.3 is 0 Å². The minimum absolute atomic E-state index is 0.131. The number of benzene rings is 1. The third-order valence-corrected chi connectivity index (χ3v) is 3.73. The maximum absolute atomic E-state index is 11.9. The Morgan fingerprint density at radius 3 is 2.86 bits per heavy atom. The molecule has 0 aliphatic heterocycles. The van der Waals surface area contributed by atoms with Gasteiger partial charge < -0.3 is 9.64 Å². The first-order valence-corrected chi connectivity index (χ1v) is 7.92. The van der Waals surface area contributed by atoms with Crippen molar-refractivity contribution in [1.29, 1.82) is 0 Å². The van der Waals surface area contributed by atoms with Gasteiger partial charge in [0.05, 0.1) is 24.4 Å². The number of hydrogen-bond donors (Lipinski definition) is 0. The van der Waals surface area contributed by atoms with Gasteiger partial charge in [-0.3, -0.25) is 4.79 Å². The van der Waals surface area contributed by atoms with Gasteiger partial charge in [0.25, 0.3) is 0 Å². The zero-order valence-electron chi connectivity index (χ0n) is 12.2. The molecular weight excluding hydrogens is 284 g/mol. The molecule has 0 radical (unpaired) electrons. The monoisotopic (exact) mass is 304 g/mol. The Morgan fingerprint density at radius 1 is 1.33 bits per heavy atom. The lowest BCUT2D eigenvalue weighted by atomic mass is 10.2. The summed E-state index contributed by atoms with van der Waals surface area (Å²) in [4.78, 5) is 17.8. The SMILES string of the molecule is CN(Cc1cscn1)C(=O)CCCOCc1ccccc1. The van der Waals surface area contributed by atoms with Crippen molar-refractivity contribution in [1.82, 2.24) is 9.88 Å². The summed E-state index contributed by atoms with van der Waals surface area (Å²) in [7, 11) is 1.81. The van der Waals surface area contributed by atoms with Crippen LogP contribution in [0.25, 0.3) is 0 Å². The summed E-state index contributed by atoms with van der Waals surface area (Å²) < 4.78 is 5.57. The van der Waals surface area contributed by atoms with Crippen LogP contribution >= 0.6 is 11.3 Å². The topological polar surface area (TPSA) is 42.4 Å². The van der Waals surface area contributed by atoms with Gasteiger partial charge in [-0.25, -0.2) is 4.98 Å². The third kappa shape index (κ3) is 5.65. The molecule has 1 amide bonds. The van der Waals surface area contributed by atoms with Gasteiger partial charge in [0.1, 0.15) is 0 Å². The molecule has 4 nitrogen and oxygen atoms in total. The molecule has 0 saturated heterocycles. The molecule has 0 fully saturated rings. The minimum Gasteiger partial charge on any atom is -0.377 e. The zero-order chi connectivity index (χ0) is 14.9. The van der Waals surface area contributed by atoms with Crippen LogP contribution in [-0.2, 0) is 22.7 Å². The van der Waals surface area contributed by atoms with Crippen molar-refractivity contribution in [3.8, 4) is 0 Å². The van der Waals surface area contributed by atoms with E-state index in [1.165, 1.54) is 0 Å². The van der Waals surface area contributed by atoms with Crippen LogP contribution in [-0.4, -0.2) is 29.4 Å². The molecule has 0 saturated carbocycles. The highest BCUT2D eigenvalue weighted by atomic mass is 32.1. The highest BCUT2D eigenvalue weighted by Crippen LogP contribution is 2.06. The Labute approximate surface area is 129 Å². The van der Waals surface area contributed by atoms with Crippen LogP contribution in [0.4, 0.5) is 0 Å². The molecule has 5 heteroatoms. The van der Waals surface area contributed by atoms with E-state index in [0.717, 1.165) is 17.7 Å². The lowest BCUT2D eigenvalue weighted by Gasteiger charge is -2.15. The number of hydrogen-bond acceptors (Lipinski definition) is 4. The van der Waals surface area contributed by atoms with E-state index in [1.807, 2.05) is 42.8 Å². The molecular formula is C16H20N2O2S.